The number of hydrogen-bond acceptors (Lipinski definition) is 2. The molecule has 1 fully saturated rings. The number of hydrogen-bond donors (Lipinski definition) is 2. The third kappa shape index (κ3) is 3.76. The summed E-state index contributed by atoms with van der Waals surface area (Å²) in [6.07, 6.45) is 5.26. The maximum Gasteiger partial charge on any atom is 0.00205 e. The van der Waals surface area contributed by atoms with Crippen molar-refractivity contribution in [3.8, 4) is 0 Å². The lowest BCUT2D eigenvalue weighted by Crippen LogP contribution is -2.37. The molecule has 2 N–H and O–H groups in total. The molecule has 0 aromatic rings. The van der Waals surface area contributed by atoms with E-state index in [2.05, 4.69) is 31.4 Å². The minimum Gasteiger partial charge on any atom is -0.316 e. The van der Waals surface area contributed by atoms with E-state index in [1.807, 2.05) is 0 Å². The van der Waals surface area contributed by atoms with E-state index in [0.717, 1.165) is 5.92 Å². The van der Waals surface area contributed by atoms with Crippen LogP contribution in [0.3, 0.4) is 0 Å². The summed E-state index contributed by atoms with van der Waals surface area (Å²) in [6, 6.07) is 0. The number of rotatable bonds is 7. The standard InChI is InChI=1S/C13H28N2/c1-4-12(5-2)9-15-11-13(6-3)7-8-14-10-13/h12,14-15H,4-11H2,1-3H3. The summed E-state index contributed by atoms with van der Waals surface area (Å²) in [5.74, 6) is 0.869. The molecule has 1 aliphatic rings. The molecule has 1 unspecified atom stereocenters. The van der Waals surface area contributed by atoms with Gasteiger partial charge in [-0.25, -0.2) is 0 Å². The fraction of sp³-hybridized carbons (Fsp3) is 1.00. The van der Waals surface area contributed by atoms with E-state index in [1.165, 1.54) is 51.9 Å². The normalized spacial score (nSPS) is 26.4. The zero-order valence-electron chi connectivity index (χ0n) is 10.7. The fourth-order valence-electron chi connectivity index (χ4n) is 2.49. The van der Waals surface area contributed by atoms with Crippen LogP contribution in [0.5, 0.6) is 0 Å². The van der Waals surface area contributed by atoms with Gasteiger partial charge in [0.05, 0.1) is 0 Å². The van der Waals surface area contributed by atoms with Crippen molar-refractivity contribution in [2.24, 2.45) is 11.3 Å². The second-order valence-corrected chi connectivity index (χ2v) is 5.09. The summed E-state index contributed by atoms with van der Waals surface area (Å²) in [5, 5.41) is 7.17. The lowest BCUT2D eigenvalue weighted by molar-refractivity contribution is 0.281. The molecule has 1 heterocycles. The van der Waals surface area contributed by atoms with Gasteiger partial charge in [0, 0.05) is 13.1 Å². The SMILES string of the molecule is CCC(CC)CNCC1(CC)CCNC1. The van der Waals surface area contributed by atoms with Crippen LogP contribution in [-0.4, -0.2) is 26.2 Å². The van der Waals surface area contributed by atoms with Gasteiger partial charge in [0.1, 0.15) is 0 Å². The van der Waals surface area contributed by atoms with E-state index in [-0.39, 0.29) is 0 Å². The van der Waals surface area contributed by atoms with Crippen LogP contribution in [0.2, 0.25) is 0 Å². The molecule has 0 aromatic carbocycles. The Bertz CT molecular complexity index is 158. The van der Waals surface area contributed by atoms with E-state index in [9.17, 15) is 0 Å². The Morgan fingerprint density at radius 2 is 2.00 bits per heavy atom. The monoisotopic (exact) mass is 212 g/mol. The largest absolute Gasteiger partial charge is 0.316 e. The minimum atomic E-state index is 0.548. The van der Waals surface area contributed by atoms with Gasteiger partial charge in [-0.2, -0.15) is 0 Å². The molecule has 0 aromatic heterocycles. The quantitative estimate of drug-likeness (QED) is 0.677. The molecule has 0 spiro atoms. The van der Waals surface area contributed by atoms with Gasteiger partial charge in [0.25, 0.3) is 0 Å². The van der Waals surface area contributed by atoms with Gasteiger partial charge in [0.15, 0.2) is 0 Å². The van der Waals surface area contributed by atoms with Crippen molar-refractivity contribution in [2.45, 2.75) is 46.5 Å². The second kappa shape index (κ2) is 6.49. The zero-order valence-corrected chi connectivity index (χ0v) is 10.7. The van der Waals surface area contributed by atoms with Crippen molar-refractivity contribution in [3.05, 3.63) is 0 Å². The highest BCUT2D eigenvalue weighted by molar-refractivity contribution is 4.88. The highest BCUT2D eigenvalue weighted by Crippen LogP contribution is 2.28. The van der Waals surface area contributed by atoms with Gasteiger partial charge in [0.2, 0.25) is 0 Å². The van der Waals surface area contributed by atoms with E-state index >= 15 is 0 Å². The van der Waals surface area contributed by atoms with Gasteiger partial charge in [-0.3, -0.25) is 0 Å². The van der Waals surface area contributed by atoms with Crippen molar-refractivity contribution in [2.75, 3.05) is 26.2 Å². The van der Waals surface area contributed by atoms with Crippen molar-refractivity contribution in [1.82, 2.24) is 10.6 Å². The Hall–Kier alpha value is -0.0800. The molecular weight excluding hydrogens is 184 g/mol. The molecule has 0 radical (unpaired) electrons. The summed E-state index contributed by atoms with van der Waals surface area (Å²) < 4.78 is 0. The molecule has 0 bridgehead atoms. The summed E-state index contributed by atoms with van der Waals surface area (Å²) in [7, 11) is 0. The molecule has 15 heavy (non-hydrogen) atoms. The van der Waals surface area contributed by atoms with Crippen molar-refractivity contribution in [1.29, 1.82) is 0 Å². The van der Waals surface area contributed by atoms with Crippen molar-refractivity contribution < 1.29 is 0 Å². The average Bonchev–Trinajstić information content (AvgIpc) is 2.74. The smallest absolute Gasteiger partial charge is 0.00205 e. The number of nitrogens with one attached hydrogen (secondary N) is 2. The maximum absolute atomic E-state index is 3.68. The highest BCUT2D eigenvalue weighted by atomic mass is 15.0. The van der Waals surface area contributed by atoms with Crippen LogP contribution in [0.15, 0.2) is 0 Å². The first-order chi connectivity index (χ1) is 7.26. The molecule has 2 nitrogen and oxygen atoms in total. The van der Waals surface area contributed by atoms with Crippen LogP contribution < -0.4 is 10.6 Å². The Kier molecular flexibility index (Phi) is 5.62. The molecule has 0 amide bonds. The predicted molar refractivity (Wildman–Crippen MR) is 67.2 cm³/mol. The molecule has 1 atom stereocenters. The first-order valence-electron chi connectivity index (χ1n) is 6.67. The van der Waals surface area contributed by atoms with Crippen LogP contribution in [0, 0.1) is 11.3 Å². The van der Waals surface area contributed by atoms with E-state index in [1.54, 1.807) is 0 Å². The lowest BCUT2D eigenvalue weighted by atomic mass is 9.84. The lowest BCUT2D eigenvalue weighted by Gasteiger charge is -2.28. The zero-order chi connectivity index (χ0) is 11.1. The van der Waals surface area contributed by atoms with Crippen molar-refractivity contribution >= 4 is 0 Å². The van der Waals surface area contributed by atoms with Gasteiger partial charge in [-0.05, 0) is 37.3 Å². The summed E-state index contributed by atoms with van der Waals surface area (Å²) in [6.45, 7) is 11.7. The molecule has 0 aliphatic carbocycles. The van der Waals surface area contributed by atoms with Crippen LogP contribution in [-0.2, 0) is 0 Å². The average molecular weight is 212 g/mol. The predicted octanol–water partition coefficient (Wildman–Crippen LogP) is 2.40. The fourth-order valence-corrected chi connectivity index (χ4v) is 2.49. The van der Waals surface area contributed by atoms with Crippen LogP contribution in [0.4, 0.5) is 0 Å². The van der Waals surface area contributed by atoms with E-state index in [0.29, 0.717) is 5.41 Å². The Labute approximate surface area is 95.2 Å². The van der Waals surface area contributed by atoms with Crippen molar-refractivity contribution in [3.63, 3.8) is 0 Å². The van der Waals surface area contributed by atoms with Gasteiger partial charge < -0.3 is 10.6 Å². The van der Waals surface area contributed by atoms with Gasteiger partial charge in [-0.15, -0.1) is 0 Å². The highest BCUT2D eigenvalue weighted by Gasteiger charge is 2.31. The Balaban J connectivity index is 2.22. The first kappa shape index (κ1) is 13.0. The summed E-state index contributed by atoms with van der Waals surface area (Å²) >= 11 is 0. The molecule has 1 saturated heterocycles. The topological polar surface area (TPSA) is 24.1 Å². The molecule has 0 saturated carbocycles. The van der Waals surface area contributed by atoms with E-state index in [4.69, 9.17) is 0 Å². The molecule has 2 heteroatoms. The van der Waals surface area contributed by atoms with Crippen LogP contribution in [0.25, 0.3) is 0 Å². The Morgan fingerprint density at radius 3 is 2.47 bits per heavy atom. The molecular formula is C13H28N2. The van der Waals surface area contributed by atoms with E-state index < -0.39 is 0 Å². The summed E-state index contributed by atoms with van der Waals surface area (Å²) in [5.41, 5.74) is 0.548. The molecule has 1 aliphatic heterocycles. The van der Waals surface area contributed by atoms with Gasteiger partial charge >= 0.3 is 0 Å². The third-order valence-electron chi connectivity index (χ3n) is 4.17. The molecule has 90 valence electrons. The second-order valence-electron chi connectivity index (χ2n) is 5.09. The minimum absolute atomic E-state index is 0.548. The third-order valence-corrected chi connectivity index (χ3v) is 4.17. The Morgan fingerprint density at radius 1 is 1.27 bits per heavy atom. The van der Waals surface area contributed by atoms with Crippen LogP contribution >= 0.6 is 0 Å². The van der Waals surface area contributed by atoms with Crippen LogP contribution in [0.1, 0.15) is 46.5 Å². The molecule has 1 rings (SSSR count). The first-order valence-corrected chi connectivity index (χ1v) is 6.67. The maximum atomic E-state index is 3.68. The van der Waals surface area contributed by atoms with Gasteiger partial charge in [-0.1, -0.05) is 33.6 Å². The summed E-state index contributed by atoms with van der Waals surface area (Å²) in [4.78, 5) is 0.